The number of carboxylic acids is 1. The Morgan fingerprint density at radius 1 is 1.17 bits per heavy atom. The second-order valence-electron chi connectivity index (χ2n) is 7.27. The largest absolute Gasteiger partial charge is 0.481 e. The fraction of sp³-hybridized carbons (Fsp3) is 0.579. The molecule has 5 nitrogen and oxygen atoms in total. The molecular formula is C19H26N2O3. The number of hydrogen-bond acceptors (Lipinski definition) is 2. The summed E-state index contributed by atoms with van der Waals surface area (Å²) in [5, 5.41) is 12.1. The summed E-state index contributed by atoms with van der Waals surface area (Å²) >= 11 is 0. The molecule has 0 spiro atoms. The van der Waals surface area contributed by atoms with Crippen LogP contribution in [0.15, 0.2) is 30.3 Å². The number of carbonyl (C=O) groups excluding carboxylic acids is 1. The minimum Gasteiger partial charge on any atom is -0.481 e. The van der Waals surface area contributed by atoms with Crippen molar-refractivity contribution in [3.8, 4) is 0 Å². The number of likely N-dealkylation sites (tertiary alicyclic amines) is 1. The number of aliphatic carboxylic acids is 1. The van der Waals surface area contributed by atoms with Gasteiger partial charge in [0.25, 0.3) is 0 Å². The molecule has 0 radical (unpaired) electrons. The summed E-state index contributed by atoms with van der Waals surface area (Å²) in [4.78, 5) is 25.1. The molecule has 0 bridgehead atoms. The van der Waals surface area contributed by atoms with Crippen molar-refractivity contribution in [1.29, 1.82) is 0 Å². The maximum Gasteiger partial charge on any atom is 0.317 e. The summed E-state index contributed by atoms with van der Waals surface area (Å²) in [5.41, 5.74) is 1.52. The van der Waals surface area contributed by atoms with Crippen molar-refractivity contribution in [2.45, 2.75) is 38.5 Å². The maximum absolute atomic E-state index is 12.4. The summed E-state index contributed by atoms with van der Waals surface area (Å²) in [6.45, 7) is 1.78. The third kappa shape index (κ3) is 3.89. The highest BCUT2D eigenvalue weighted by molar-refractivity contribution is 5.75. The van der Waals surface area contributed by atoms with Gasteiger partial charge in [0, 0.05) is 19.6 Å². The van der Waals surface area contributed by atoms with Crippen molar-refractivity contribution in [1.82, 2.24) is 10.2 Å². The average Bonchev–Trinajstić information content (AvgIpc) is 2.58. The van der Waals surface area contributed by atoms with Gasteiger partial charge in [0.2, 0.25) is 0 Å². The summed E-state index contributed by atoms with van der Waals surface area (Å²) in [7, 11) is 0. The predicted molar refractivity (Wildman–Crippen MR) is 91.8 cm³/mol. The lowest BCUT2D eigenvalue weighted by Crippen LogP contribution is -2.50. The lowest BCUT2D eigenvalue weighted by atomic mass is 9.65. The Balaban J connectivity index is 1.49. The topological polar surface area (TPSA) is 69.6 Å². The molecule has 130 valence electrons. The molecule has 24 heavy (non-hydrogen) atoms. The van der Waals surface area contributed by atoms with Crippen molar-refractivity contribution in [2.24, 2.45) is 11.3 Å². The van der Waals surface area contributed by atoms with E-state index in [9.17, 15) is 9.59 Å². The Morgan fingerprint density at radius 3 is 2.38 bits per heavy atom. The van der Waals surface area contributed by atoms with Gasteiger partial charge in [-0.3, -0.25) is 4.79 Å². The van der Waals surface area contributed by atoms with Crippen molar-refractivity contribution < 1.29 is 14.7 Å². The number of rotatable bonds is 5. The molecule has 1 heterocycles. The Hall–Kier alpha value is -2.04. The van der Waals surface area contributed by atoms with Crippen LogP contribution in [0.25, 0.3) is 0 Å². The van der Waals surface area contributed by atoms with Crippen LogP contribution in [0.1, 0.15) is 37.7 Å². The van der Waals surface area contributed by atoms with E-state index in [1.165, 1.54) is 12.0 Å². The molecule has 2 aliphatic rings. The molecular weight excluding hydrogens is 304 g/mol. The third-order valence-electron chi connectivity index (χ3n) is 5.58. The van der Waals surface area contributed by atoms with Crippen LogP contribution in [0.4, 0.5) is 4.79 Å². The first-order valence-corrected chi connectivity index (χ1v) is 8.88. The van der Waals surface area contributed by atoms with E-state index in [0.717, 1.165) is 19.3 Å². The first-order chi connectivity index (χ1) is 11.6. The van der Waals surface area contributed by atoms with Gasteiger partial charge in [0.15, 0.2) is 0 Å². The van der Waals surface area contributed by atoms with Crippen molar-refractivity contribution in [2.75, 3.05) is 19.6 Å². The molecule has 1 aromatic carbocycles. The minimum atomic E-state index is -0.744. The van der Waals surface area contributed by atoms with Gasteiger partial charge in [-0.25, -0.2) is 4.79 Å². The van der Waals surface area contributed by atoms with E-state index in [1.807, 2.05) is 6.07 Å². The third-order valence-corrected chi connectivity index (χ3v) is 5.58. The highest BCUT2D eigenvalue weighted by Gasteiger charge is 2.37. The van der Waals surface area contributed by atoms with E-state index in [-0.39, 0.29) is 17.4 Å². The maximum atomic E-state index is 12.4. The molecule has 1 aliphatic heterocycles. The first kappa shape index (κ1) is 16.8. The lowest BCUT2D eigenvalue weighted by molar-refractivity contribution is -0.143. The summed E-state index contributed by atoms with van der Waals surface area (Å²) in [5.74, 6) is -1.04. The van der Waals surface area contributed by atoms with Crippen LogP contribution in [0.5, 0.6) is 0 Å². The molecule has 1 aliphatic carbocycles. The van der Waals surface area contributed by atoms with Crippen molar-refractivity contribution >= 4 is 12.0 Å². The average molecular weight is 330 g/mol. The van der Waals surface area contributed by atoms with Gasteiger partial charge in [0.05, 0.1) is 5.92 Å². The van der Waals surface area contributed by atoms with E-state index in [0.29, 0.717) is 32.5 Å². The fourth-order valence-corrected chi connectivity index (χ4v) is 3.83. The zero-order valence-corrected chi connectivity index (χ0v) is 14.0. The van der Waals surface area contributed by atoms with E-state index in [1.54, 1.807) is 4.90 Å². The van der Waals surface area contributed by atoms with Gasteiger partial charge in [0.1, 0.15) is 0 Å². The lowest BCUT2D eigenvalue weighted by Gasteiger charge is -2.43. The summed E-state index contributed by atoms with van der Waals surface area (Å²) in [6.07, 6.45) is 5.66. The van der Waals surface area contributed by atoms with Crippen molar-refractivity contribution in [3.63, 3.8) is 0 Å². The molecule has 2 fully saturated rings. The van der Waals surface area contributed by atoms with Crippen LogP contribution in [-0.2, 0) is 11.2 Å². The smallest absolute Gasteiger partial charge is 0.317 e. The predicted octanol–water partition coefficient (Wildman–Crippen LogP) is 2.91. The van der Waals surface area contributed by atoms with Crippen LogP contribution in [-0.4, -0.2) is 41.6 Å². The Labute approximate surface area is 143 Å². The second-order valence-corrected chi connectivity index (χ2v) is 7.27. The molecule has 0 aromatic heterocycles. The standard InChI is InChI=1S/C19H26N2O3/c22-17(23)16-7-11-21(12-8-16)18(24)20-14-19(9-4-10-19)13-15-5-2-1-3-6-15/h1-3,5-6,16H,4,7-14H2,(H,20,24)(H,22,23). The van der Waals surface area contributed by atoms with Crippen LogP contribution >= 0.6 is 0 Å². The van der Waals surface area contributed by atoms with Gasteiger partial charge in [-0.2, -0.15) is 0 Å². The van der Waals surface area contributed by atoms with Gasteiger partial charge in [-0.1, -0.05) is 36.8 Å². The van der Waals surface area contributed by atoms with Crippen LogP contribution < -0.4 is 5.32 Å². The van der Waals surface area contributed by atoms with Gasteiger partial charge >= 0.3 is 12.0 Å². The molecule has 1 aromatic rings. The first-order valence-electron chi connectivity index (χ1n) is 8.88. The highest BCUT2D eigenvalue weighted by atomic mass is 16.4. The Bertz CT molecular complexity index is 576. The number of nitrogens with zero attached hydrogens (tertiary/aromatic N) is 1. The van der Waals surface area contributed by atoms with Crippen LogP contribution in [0.3, 0.4) is 0 Å². The molecule has 2 amide bonds. The number of urea groups is 1. The zero-order chi connectivity index (χ0) is 17.0. The molecule has 1 saturated heterocycles. The van der Waals surface area contributed by atoms with E-state index in [2.05, 4.69) is 29.6 Å². The SMILES string of the molecule is O=C(O)C1CCN(C(=O)NCC2(Cc3ccccc3)CCC2)CC1. The Morgan fingerprint density at radius 2 is 1.83 bits per heavy atom. The second kappa shape index (κ2) is 7.24. The summed E-state index contributed by atoms with van der Waals surface area (Å²) in [6, 6.07) is 10.4. The number of piperidine rings is 1. The fourth-order valence-electron chi connectivity index (χ4n) is 3.83. The Kier molecular flexibility index (Phi) is 5.07. The number of carbonyl (C=O) groups is 2. The van der Waals surface area contributed by atoms with Gasteiger partial charge in [-0.15, -0.1) is 0 Å². The van der Waals surface area contributed by atoms with Gasteiger partial charge in [-0.05, 0) is 43.1 Å². The van der Waals surface area contributed by atoms with Crippen LogP contribution in [0, 0.1) is 11.3 Å². The normalized spacial score (nSPS) is 20.2. The van der Waals surface area contributed by atoms with Crippen LogP contribution in [0.2, 0.25) is 0 Å². The molecule has 1 saturated carbocycles. The molecule has 3 rings (SSSR count). The minimum absolute atomic E-state index is 0.0434. The highest BCUT2D eigenvalue weighted by Crippen LogP contribution is 2.43. The van der Waals surface area contributed by atoms with E-state index in [4.69, 9.17) is 5.11 Å². The van der Waals surface area contributed by atoms with E-state index < -0.39 is 5.97 Å². The molecule has 2 N–H and O–H groups in total. The van der Waals surface area contributed by atoms with Gasteiger partial charge < -0.3 is 15.3 Å². The number of carboxylic acid groups (broad SMARTS) is 1. The zero-order valence-electron chi connectivity index (χ0n) is 14.0. The monoisotopic (exact) mass is 330 g/mol. The van der Waals surface area contributed by atoms with E-state index >= 15 is 0 Å². The number of hydrogen-bond donors (Lipinski definition) is 2. The molecule has 5 heteroatoms. The number of amides is 2. The number of nitrogens with one attached hydrogen (secondary N) is 1. The quantitative estimate of drug-likeness (QED) is 0.872. The summed E-state index contributed by atoms with van der Waals surface area (Å²) < 4.78 is 0. The molecule has 0 unspecified atom stereocenters. The number of benzene rings is 1. The molecule has 0 atom stereocenters. The van der Waals surface area contributed by atoms with Crippen molar-refractivity contribution in [3.05, 3.63) is 35.9 Å².